The van der Waals surface area contributed by atoms with E-state index in [-0.39, 0.29) is 5.97 Å². The van der Waals surface area contributed by atoms with Crippen LogP contribution in [0.15, 0.2) is 0 Å². The third kappa shape index (κ3) is 25.7. The molecule has 0 aliphatic rings. The zero-order valence-corrected chi connectivity index (χ0v) is 8.78. The fraction of sp³-hybridized carbons (Fsp3) is 0.875. The van der Waals surface area contributed by atoms with Gasteiger partial charge in [-0.15, -0.1) is 0 Å². The second kappa shape index (κ2) is 12.6. The number of hydrogen-bond acceptors (Lipinski definition) is 2. The lowest BCUT2D eigenvalue weighted by Crippen LogP contribution is -1.95. The van der Waals surface area contributed by atoms with Gasteiger partial charge in [-0.05, 0) is 19.2 Å². The predicted molar refractivity (Wildman–Crippen MR) is 50.3 cm³/mol. The Morgan fingerprint density at radius 1 is 1.27 bits per heavy atom. The molecular formula is C8H18O2P. The Bertz CT molecular complexity index is 82.2. The topological polar surface area (TPSA) is 26.3 Å². The molecule has 0 aliphatic heterocycles. The van der Waals surface area contributed by atoms with Gasteiger partial charge in [-0.3, -0.25) is 4.79 Å². The summed E-state index contributed by atoms with van der Waals surface area (Å²) in [5.41, 5.74) is 0. The molecule has 0 saturated heterocycles. The molecule has 0 heterocycles. The zero-order valence-electron chi connectivity index (χ0n) is 7.89. The van der Waals surface area contributed by atoms with E-state index in [1.807, 2.05) is 0 Å². The summed E-state index contributed by atoms with van der Waals surface area (Å²) in [5, 5.41) is 0. The van der Waals surface area contributed by atoms with Crippen molar-refractivity contribution >= 4 is 14.6 Å². The van der Waals surface area contributed by atoms with E-state index in [0.29, 0.717) is 6.61 Å². The van der Waals surface area contributed by atoms with Crippen LogP contribution in [0.2, 0.25) is 0 Å². The number of carbonyl (C=O) groups excluding carboxylic acids is 1. The third-order valence-corrected chi connectivity index (χ3v) is 1.69. The monoisotopic (exact) mass is 177 g/mol. The predicted octanol–water partition coefficient (Wildman–Crippen LogP) is 2.54. The molecule has 0 aromatic carbocycles. The van der Waals surface area contributed by atoms with Gasteiger partial charge >= 0.3 is 5.97 Å². The molecule has 0 fully saturated rings. The molecule has 0 atom stereocenters. The van der Waals surface area contributed by atoms with Gasteiger partial charge in [0.1, 0.15) is 0 Å². The maximum Gasteiger partial charge on any atom is 0.302 e. The lowest BCUT2D eigenvalue weighted by Gasteiger charge is -1.89. The first-order valence-electron chi connectivity index (χ1n) is 3.95. The molecular weight excluding hydrogens is 159 g/mol. The van der Waals surface area contributed by atoms with Crippen LogP contribution in [0.25, 0.3) is 0 Å². The number of esters is 1. The molecule has 0 rings (SSSR count). The highest BCUT2D eigenvalue weighted by atomic mass is 31.1. The first kappa shape index (κ1) is 13.5. The van der Waals surface area contributed by atoms with Crippen molar-refractivity contribution in [2.24, 2.45) is 0 Å². The maximum absolute atomic E-state index is 9.82. The van der Waals surface area contributed by atoms with E-state index in [2.05, 4.69) is 18.6 Å². The van der Waals surface area contributed by atoms with Crippen molar-refractivity contribution < 1.29 is 9.53 Å². The minimum atomic E-state index is -0.211. The van der Waals surface area contributed by atoms with Crippen molar-refractivity contribution in [2.75, 3.05) is 18.9 Å². The molecule has 67 valence electrons. The van der Waals surface area contributed by atoms with Gasteiger partial charge in [-0.25, -0.2) is 0 Å². The summed E-state index contributed by atoms with van der Waals surface area (Å²) in [5.74, 6) is -0.211. The number of carbonyl (C=O) groups is 1. The van der Waals surface area contributed by atoms with Crippen molar-refractivity contribution in [1.29, 1.82) is 0 Å². The Labute approximate surface area is 71.5 Å². The molecule has 0 amide bonds. The second-order valence-corrected chi connectivity index (χ2v) is 3.49. The van der Waals surface area contributed by atoms with Crippen LogP contribution in [0, 0.1) is 0 Å². The van der Waals surface area contributed by atoms with Gasteiger partial charge in [0, 0.05) is 6.92 Å². The lowest BCUT2D eigenvalue weighted by molar-refractivity contribution is -0.140. The third-order valence-electron chi connectivity index (χ3n) is 0.795. The Morgan fingerprint density at radius 3 is 1.73 bits per heavy atom. The Balaban J connectivity index is 0. The molecule has 0 saturated carbocycles. The van der Waals surface area contributed by atoms with Crippen LogP contribution >= 0.6 is 8.58 Å². The van der Waals surface area contributed by atoms with Crippen molar-refractivity contribution in [3.05, 3.63) is 0 Å². The molecule has 1 radical (unpaired) electrons. The summed E-state index contributed by atoms with van der Waals surface area (Å²) in [6, 6.07) is 0. The summed E-state index contributed by atoms with van der Waals surface area (Å²) in [4.78, 5) is 9.82. The summed E-state index contributed by atoms with van der Waals surface area (Å²) in [7, 11) is 1.58. The fourth-order valence-electron chi connectivity index (χ4n) is 0.427. The van der Waals surface area contributed by atoms with Crippen LogP contribution in [-0.4, -0.2) is 24.9 Å². The van der Waals surface area contributed by atoms with Crippen LogP contribution in [-0.2, 0) is 9.53 Å². The molecule has 2 nitrogen and oxygen atoms in total. The van der Waals surface area contributed by atoms with E-state index >= 15 is 0 Å². The van der Waals surface area contributed by atoms with E-state index in [4.69, 9.17) is 0 Å². The Morgan fingerprint density at radius 2 is 1.73 bits per heavy atom. The minimum absolute atomic E-state index is 0.211. The normalized spacial score (nSPS) is 8.00. The first-order chi connectivity index (χ1) is 5.18. The first-order valence-corrected chi connectivity index (χ1v) is 5.22. The van der Waals surface area contributed by atoms with Crippen molar-refractivity contribution in [1.82, 2.24) is 0 Å². The maximum atomic E-state index is 9.82. The molecule has 11 heavy (non-hydrogen) atoms. The molecule has 0 aromatic rings. The van der Waals surface area contributed by atoms with Gasteiger partial charge in [0.25, 0.3) is 0 Å². The molecule has 0 spiro atoms. The van der Waals surface area contributed by atoms with E-state index in [1.165, 1.54) is 19.2 Å². The summed E-state index contributed by atoms with van der Waals surface area (Å²) in [6.45, 7) is 8.05. The average Bonchev–Trinajstić information content (AvgIpc) is 1.90. The minimum Gasteiger partial charge on any atom is -0.466 e. The lowest BCUT2D eigenvalue weighted by atomic mass is 10.8. The van der Waals surface area contributed by atoms with Gasteiger partial charge in [-0.1, -0.05) is 22.4 Å². The van der Waals surface area contributed by atoms with E-state index in [0.717, 1.165) is 0 Å². The molecule has 0 unspecified atom stereocenters. The molecule has 3 heteroatoms. The molecule has 0 N–H and O–H groups in total. The van der Waals surface area contributed by atoms with E-state index in [9.17, 15) is 4.79 Å². The van der Waals surface area contributed by atoms with Crippen LogP contribution in [0.1, 0.15) is 27.7 Å². The zero-order chi connectivity index (χ0) is 9.11. The number of hydrogen-bond donors (Lipinski definition) is 0. The summed E-state index contributed by atoms with van der Waals surface area (Å²) < 4.78 is 4.40. The van der Waals surface area contributed by atoms with Crippen LogP contribution < -0.4 is 0 Å². The van der Waals surface area contributed by atoms with E-state index in [1.54, 1.807) is 15.5 Å². The molecule has 0 aliphatic carbocycles. The number of ether oxygens (including phenoxy) is 1. The van der Waals surface area contributed by atoms with Crippen LogP contribution in [0.5, 0.6) is 0 Å². The van der Waals surface area contributed by atoms with Gasteiger partial charge in [0.2, 0.25) is 0 Å². The molecule has 0 aromatic heterocycles. The van der Waals surface area contributed by atoms with E-state index < -0.39 is 0 Å². The highest BCUT2D eigenvalue weighted by molar-refractivity contribution is 7.37. The van der Waals surface area contributed by atoms with Gasteiger partial charge in [0.05, 0.1) is 6.61 Å². The fourth-order valence-corrected chi connectivity index (χ4v) is 0.874. The summed E-state index contributed by atoms with van der Waals surface area (Å²) >= 11 is 0. The number of rotatable bonds is 3. The van der Waals surface area contributed by atoms with Crippen molar-refractivity contribution in [2.45, 2.75) is 27.7 Å². The molecule has 0 bridgehead atoms. The highest BCUT2D eigenvalue weighted by Crippen LogP contribution is 2.03. The smallest absolute Gasteiger partial charge is 0.302 e. The van der Waals surface area contributed by atoms with Crippen LogP contribution in [0.3, 0.4) is 0 Å². The van der Waals surface area contributed by atoms with Gasteiger partial charge < -0.3 is 4.74 Å². The SMILES string of the molecule is CCOC(C)=O.CC[P]CC. The second-order valence-electron chi connectivity index (χ2n) is 1.78. The van der Waals surface area contributed by atoms with Gasteiger partial charge in [0.15, 0.2) is 0 Å². The summed E-state index contributed by atoms with van der Waals surface area (Å²) in [6.07, 6.45) is 2.63. The Kier molecular flexibility index (Phi) is 15.4. The quantitative estimate of drug-likeness (QED) is 0.489. The largest absolute Gasteiger partial charge is 0.466 e. The van der Waals surface area contributed by atoms with Gasteiger partial charge in [-0.2, -0.15) is 0 Å². The Hall–Kier alpha value is -0.100. The van der Waals surface area contributed by atoms with Crippen molar-refractivity contribution in [3.8, 4) is 0 Å². The highest BCUT2D eigenvalue weighted by Gasteiger charge is 1.81. The average molecular weight is 177 g/mol. The van der Waals surface area contributed by atoms with Crippen molar-refractivity contribution in [3.63, 3.8) is 0 Å². The van der Waals surface area contributed by atoms with Crippen LogP contribution in [0.4, 0.5) is 0 Å². The standard InChI is InChI=1S/C4H8O2.C4H10P/c1-3-6-4(2)5;1-3-5-4-2/h3H2,1-2H3;3-4H2,1-2H3.